The first-order chi connectivity index (χ1) is 9.52. The van der Waals surface area contributed by atoms with Crippen LogP contribution in [0.15, 0.2) is 0 Å². The van der Waals surface area contributed by atoms with Crippen LogP contribution < -0.4 is 5.32 Å². The van der Waals surface area contributed by atoms with E-state index in [4.69, 9.17) is 4.74 Å². The third-order valence-corrected chi connectivity index (χ3v) is 5.60. The average molecular weight is 341 g/mol. The van der Waals surface area contributed by atoms with Gasteiger partial charge in [0, 0.05) is 31.6 Å². The lowest BCUT2D eigenvalue weighted by Gasteiger charge is -2.31. The topological polar surface area (TPSA) is 75.7 Å². The van der Waals surface area contributed by atoms with Crippen molar-refractivity contribution in [1.82, 2.24) is 10.2 Å². The smallest absolute Gasteiger partial charge is 0.224 e. The molecule has 0 aromatic carbocycles. The van der Waals surface area contributed by atoms with Crippen molar-refractivity contribution in [3.63, 3.8) is 0 Å². The Morgan fingerprint density at radius 1 is 1.43 bits per heavy atom. The Hall–Kier alpha value is -0.370. The van der Waals surface area contributed by atoms with Gasteiger partial charge in [0.05, 0.1) is 24.7 Å². The van der Waals surface area contributed by atoms with Crippen molar-refractivity contribution in [2.24, 2.45) is 0 Å². The summed E-state index contributed by atoms with van der Waals surface area (Å²) in [5.74, 6) is 0.362. The Bertz CT molecular complexity index is 437. The van der Waals surface area contributed by atoms with Crippen molar-refractivity contribution in [2.45, 2.75) is 38.3 Å². The van der Waals surface area contributed by atoms with Gasteiger partial charge in [-0.3, -0.25) is 4.79 Å². The molecule has 2 aliphatic rings. The Morgan fingerprint density at radius 3 is 2.71 bits per heavy atom. The molecule has 2 saturated heterocycles. The number of halogens is 1. The maximum atomic E-state index is 12.4. The number of hydrogen-bond donors (Lipinski definition) is 1. The molecule has 0 spiro atoms. The third-order valence-electron chi connectivity index (χ3n) is 3.85. The third kappa shape index (κ3) is 5.39. The molecule has 2 atom stereocenters. The van der Waals surface area contributed by atoms with Gasteiger partial charge >= 0.3 is 0 Å². The first kappa shape index (κ1) is 18.7. The van der Waals surface area contributed by atoms with E-state index in [1.165, 1.54) is 0 Å². The SMILES string of the molecule is CCCN(C(=O)CC1COCCN1)C1CCS(=O)(=O)C1.Cl. The molecular weight excluding hydrogens is 316 g/mol. The molecule has 0 aromatic rings. The average Bonchev–Trinajstić information content (AvgIpc) is 2.77. The number of hydrogen-bond acceptors (Lipinski definition) is 5. The van der Waals surface area contributed by atoms with Crippen LogP contribution in [0.2, 0.25) is 0 Å². The molecule has 2 aliphatic heterocycles. The van der Waals surface area contributed by atoms with E-state index in [0.29, 0.717) is 32.6 Å². The molecule has 8 heteroatoms. The van der Waals surface area contributed by atoms with Gasteiger partial charge in [-0.05, 0) is 12.8 Å². The molecule has 124 valence electrons. The van der Waals surface area contributed by atoms with Crippen LogP contribution in [0.5, 0.6) is 0 Å². The van der Waals surface area contributed by atoms with E-state index in [1.807, 2.05) is 6.92 Å². The second-order valence-electron chi connectivity index (χ2n) is 5.57. The van der Waals surface area contributed by atoms with Gasteiger partial charge in [-0.25, -0.2) is 8.42 Å². The maximum Gasteiger partial charge on any atom is 0.224 e. The zero-order chi connectivity index (χ0) is 14.6. The second-order valence-corrected chi connectivity index (χ2v) is 7.80. The van der Waals surface area contributed by atoms with E-state index in [9.17, 15) is 13.2 Å². The fraction of sp³-hybridized carbons (Fsp3) is 0.923. The van der Waals surface area contributed by atoms with Crippen LogP contribution in [-0.4, -0.2) is 69.1 Å². The van der Waals surface area contributed by atoms with Crippen molar-refractivity contribution >= 4 is 28.2 Å². The number of nitrogens with one attached hydrogen (secondary N) is 1. The summed E-state index contributed by atoms with van der Waals surface area (Å²) in [6, 6.07) is -0.0921. The molecule has 0 aromatic heterocycles. The van der Waals surface area contributed by atoms with Crippen LogP contribution >= 0.6 is 12.4 Å². The first-order valence-electron chi connectivity index (χ1n) is 7.33. The zero-order valence-electron chi connectivity index (χ0n) is 12.4. The summed E-state index contributed by atoms with van der Waals surface area (Å²) in [6.45, 7) is 4.64. The normalized spacial score (nSPS) is 27.9. The molecule has 0 saturated carbocycles. The Labute approximate surface area is 132 Å². The maximum absolute atomic E-state index is 12.4. The monoisotopic (exact) mass is 340 g/mol. The number of amides is 1. The molecule has 1 N–H and O–H groups in total. The molecule has 2 rings (SSSR count). The van der Waals surface area contributed by atoms with E-state index in [0.717, 1.165) is 13.0 Å². The van der Waals surface area contributed by atoms with Crippen LogP contribution in [0.25, 0.3) is 0 Å². The number of ether oxygens (including phenoxy) is 1. The van der Waals surface area contributed by atoms with Crippen molar-refractivity contribution < 1.29 is 17.9 Å². The number of morpholine rings is 1. The molecule has 0 aliphatic carbocycles. The van der Waals surface area contributed by atoms with Crippen LogP contribution in [0, 0.1) is 0 Å². The molecule has 1 amide bonds. The van der Waals surface area contributed by atoms with E-state index < -0.39 is 9.84 Å². The van der Waals surface area contributed by atoms with E-state index in [2.05, 4.69) is 5.32 Å². The molecule has 2 heterocycles. The van der Waals surface area contributed by atoms with Gasteiger partial charge in [0.2, 0.25) is 5.91 Å². The number of carbonyl (C=O) groups is 1. The number of nitrogens with zero attached hydrogens (tertiary/aromatic N) is 1. The van der Waals surface area contributed by atoms with E-state index in [-0.39, 0.29) is 41.9 Å². The molecular formula is C13H25ClN2O4S. The Balaban J connectivity index is 0.00000220. The largest absolute Gasteiger partial charge is 0.378 e. The van der Waals surface area contributed by atoms with Crippen molar-refractivity contribution in [2.75, 3.05) is 37.8 Å². The summed E-state index contributed by atoms with van der Waals surface area (Å²) < 4.78 is 28.5. The molecule has 21 heavy (non-hydrogen) atoms. The van der Waals surface area contributed by atoms with Gasteiger partial charge in [-0.1, -0.05) is 6.92 Å². The highest BCUT2D eigenvalue weighted by atomic mass is 35.5. The predicted octanol–water partition coefficient (Wildman–Crippen LogP) is 0.212. The van der Waals surface area contributed by atoms with Gasteiger partial charge in [0.25, 0.3) is 0 Å². The van der Waals surface area contributed by atoms with Crippen molar-refractivity contribution in [3.05, 3.63) is 0 Å². The minimum absolute atomic E-state index is 0. The van der Waals surface area contributed by atoms with Crippen molar-refractivity contribution in [3.8, 4) is 0 Å². The van der Waals surface area contributed by atoms with Crippen LogP contribution in [0.4, 0.5) is 0 Å². The molecule has 6 nitrogen and oxygen atoms in total. The van der Waals surface area contributed by atoms with E-state index >= 15 is 0 Å². The van der Waals surface area contributed by atoms with Gasteiger partial charge in [0.1, 0.15) is 0 Å². The summed E-state index contributed by atoms with van der Waals surface area (Å²) in [6.07, 6.45) is 1.80. The standard InChI is InChI=1S/C13H24N2O4S.ClH/c1-2-5-15(12-3-7-20(17,18)10-12)13(16)8-11-9-19-6-4-14-11;/h11-12,14H,2-10H2,1H3;1H. The molecule has 0 bridgehead atoms. The molecule has 0 radical (unpaired) electrons. The lowest BCUT2D eigenvalue weighted by atomic mass is 10.1. The first-order valence-corrected chi connectivity index (χ1v) is 9.15. The minimum atomic E-state index is -2.96. The highest BCUT2D eigenvalue weighted by Gasteiger charge is 2.34. The minimum Gasteiger partial charge on any atom is -0.378 e. The van der Waals surface area contributed by atoms with Gasteiger partial charge in [-0.2, -0.15) is 0 Å². The fourth-order valence-electron chi connectivity index (χ4n) is 2.85. The summed E-state index contributed by atoms with van der Waals surface area (Å²) >= 11 is 0. The molecule has 2 fully saturated rings. The van der Waals surface area contributed by atoms with Crippen molar-refractivity contribution in [1.29, 1.82) is 0 Å². The quantitative estimate of drug-likeness (QED) is 0.774. The zero-order valence-corrected chi connectivity index (χ0v) is 14.0. The summed E-state index contributed by atoms with van der Waals surface area (Å²) in [7, 11) is -2.96. The highest BCUT2D eigenvalue weighted by molar-refractivity contribution is 7.91. The summed E-state index contributed by atoms with van der Waals surface area (Å²) in [5.41, 5.74) is 0. The lowest BCUT2D eigenvalue weighted by Crippen LogP contribution is -2.48. The number of rotatable bonds is 5. The van der Waals surface area contributed by atoms with Gasteiger partial charge in [0.15, 0.2) is 9.84 Å². The predicted molar refractivity (Wildman–Crippen MR) is 83.5 cm³/mol. The van der Waals surface area contributed by atoms with Crippen LogP contribution in [0.3, 0.4) is 0 Å². The van der Waals surface area contributed by atoms with Crippen LogP contribution in [-0.2, 0) is 19.4 Å². The van der Waals surface area contributed by atoms with Gasteiger partial charge < -0.3 is 15.0 Å². The van der Waals surface area contributed by atoms with Gasteiger partial charge in [-0.15, -0.1) is 12.4 Å². The Kier molecular flexibility index (Phi) is 7.39. The summed E-state index contributed by atoms with van der Waals surface area (Å²) in [5, 5.41) is 3.26. The fourth-order valence-corrected chi connectivity index (χ4v) is 4.58. The summed E-state index contributed by atoms with van der Waals surface area (Å²) in [4.78, 5) is 14.2. The number of carbonyl (C=O) groups excluding carboxylic acids is 1. The highest BCUT2D eigenvalue weighted by Crippen LogP contribution is 2.19. The lowest BCUT2D eigenvalue weighted by molar-refractivity contribution is -0.134. The number of sulfone groups is 1. The Morgan fingerprint density at radius 2 is 2.19 bits per heavy atom. The molecule has 2 unspecified atom stereocenters. The van der Waals surface area contributed by atoms with E-state index in [1.54, 1.807) is 4.90 Å². The second kappa shape index (κ2) is 8.31. The van der Waals surface area contributed by atoms with Crippen LogP contribution in [0.1, 0.15) is 26.2 Å².